The second-order valence-electron chi connectivity index (χ2n) is 10.5. The van der Waals surface area contributed by atoms with Crippen LogP contribution in [0, 0.1) is 6.92 Å². The van der Waals surface area contributed by atoms with Crippen LogP contribution in [0.4, 0.5) is 5.69 Å². The molecule has 1 fully saturated rings. The van der Waals surface area contributed by atoms with Gasteiger partial charge in [0.2, 0.25) is 21.8 Å². The average Bonchev–Trinajstić information content (AvgIpc) is 3.43. The number of aryl methyl sites for hydroxylation is 1. The van der Waals surface area contributed by atoms with Gasteiger partial charge >= 0.3 is 0 Å². The van der Waals surface area contributed by atoms with Crippen LogP contribution in [0.1, 0.15) is 42.4 Å². The third-order valence-electron chi connectivity index (χ3n) is 7.22. The van der Waals surface area contributed by atoms with Gasteiger partial charge in [-0.25, -0.2) is 8.42 Å². The van der Waals surface area contributed by atoms with Crippen molar-refractivity contribution >= 4 is 39.1 Å². The molecular weight excluding hydrogens is 546 g/mol. The minimum atomic E-state index is -3.80. The molecule has 0 aromatic heterocycles. The van der Waals surface area contributed by atoms with Gasteiger partial charge in [-0.05, 0) is 55.2 Å². The number of nitrogens with zero attached hydrogens (tertiary/aromatic N) is 2. The highest BCUT2D eigenvalue weighted by Crippen LogP contribution is 2.23. The highest BCUT2D eigenvalue weighted by atomic mass is 35.5. The molecule has 3 aromatic carbocycles. The van der Waals surface area contributed by atoms with Gasteiger partial charge < -0.3 is 10.2 Å². The Hall–Kier alpha value is -3.36. The Morgan fingerprint density at radius 1 is 0.950 bits per heavy atom. The molecule has 0 radical (unpaired) electrons. The molecule has 7 nitrogen and oxygen atoms in total. The number of nitrogens with one attached hydrogen (secondary N) is 1. The van der Waals surface area contributed by atoms with Gasteiger partial charge in [0.25, 0.3) is 0 Å². The lowest BCUT2D eigenvalue weighted by Gasteiger charge is -2.34. The molecule has 0 heterocycles. The molecular formula is C31H36ClN3O4S. The standard InChI is InChI=1S/C31H36ClN3O4S/c1-23-15-17-28(18-16-23)35(40(2,38)39)22-30(36)34(21-25-11-8-12-26(32)19-25)29(20-24-9-4-3-5-10-24)31(37)33-27-13-6-7-14-27/h3-5,8-12,15-19,27,29H,6-7,13-14,20-22H2,1-2H3,(H,33,37)/t29-/m0/s1. The van der Waals surface area contributed by atoms with E-state index in [1.807, 2.05) is 43.3 Å². The Labute approximate surface area is 242 Å². The summed E-state index contributed by atoms with van der Waals surface area (Å²) in [6, 6.07) is 22.8. The summed E-state index contributed by atoms with van der Waals surface area (Å²) in [6.45, 7) is 1.56. The number of sulfonamides is 1. The number of anilines is 1. The summed E-state index contributed by atoms with van der Waals surface area (Å²) < 4.78 is 26.8. The van der Waals surface area contributed by atoms with Crippen molar-refractivity contribution in [1.29, 1.82) is 0 Å². The molecule has 3 aromatic rings. The number of halogens is 1. The largest absolute Gasteiger partial charge is 0.352 e. The predicted molar refractivity (Wildman–Crippen MR) is 160 cm³/mol. The highest BCUT2D eigenvalue weighted by molar-refractivity contribution is 7.92. The molecule has 0 saturated heterocycles. The van der Waals surface area contributed by atoms with E-state index in [0.717, 1.165) is 52.9 Å². The number of rotatable bonds is 11. The summed E-state index contributed by atoms with van der Waals surface area (Å²) in [5, 5.41) is 3.67. The molecule has 1 N–H and O–H groups in total. The van der Waals surface area contributed by atoms with E-state index in [9.17, 15) is 18.0 Å². The van der Waals surface area contributed by atoms with Crippen molar-refractivity contribution < 1.29 is 18.0 Å². The van der Waals surface area contributed by atoms with Crippen LogP contribution in [0.3, 0.4) is 0 Å². The van der Waals surface area contributed by atoms with Crippen molar-refractivity contribution in [1.82, 2.24) is 10.2 Å². The van der Waals surface area contributed by atoms with Gasteiger partial charge in [0.15, 0.2) is 0 Å². The van der Waals surface area contributed by atoms with E-state index in [-0.39, 0.29) is 24.9 Å². The molecule has 212 valence electrons. The lowest BCUT2D eigenvalue weighted by Crippen LogP contribution is -2.54. The molecule has 4 rings (SSSR count). The van der Waals surface area contributed by atoms with Crippen LogP contribution in [-0.2, 0) is 32.6 Å². The molecule has 0 aliphatic heterocycles. The number of benzene rings is 3. The van der Waals surface area contributed by atoms with Crippen molar-refractivity contribution in [2.45, 2.75) is 57.7 Å². The highest BCUT2D eigenvalue weighted by Gasteiger charge is 2.34. The normalized spacial score (nSPS) is 14.5. The molecule has 0 unspecified atom stereocenters. The first-order chi connectivity index (χ1) is 19.1. The third kappa shape index (κ3) is 8.08. The van der Waals surface area contributed by atoms with Gasteiger partial charge in [0, 0.05) is 24.0 Å². The van der Waals surface area contributed by atoms with Gasteiger partial charge in [0.1, 0.15) is 12.6 Å². The van der Waals surface area contributed by atoms with Crippen molar-refractivity contribution in [3.8, 4) is 0 Å². The predicted octanol–water partition coefficient (Wildman–Crippen LogP) is 5.11. The molecule has 0 bridgehead atoms. The molecule has 0 spiro atoms. The van der Waals surface area contributed by atoms with Crippen LogP contribution < -0.4 is 9.62 Å². The van der Waals surface area contributed by atoms with Crippen LogP contribution in [-0.4, -0.2) is 50.0 Å². The lowest BCUT2D eigenvalue weighted by molar-refractivity contribution is -0.140. The summed E-state index contributed by atoms with van der Waals surface area (Å²) in [4.78, 5) is 29.4. The minimum Gasteiger partial charge on any atom is -0.352 e. The molecule has 1 saturated carbocycles. The van der Waals surface area contributed by atoms with Crippen molar-refractivity contribution in [2.24, 2.45) is 0 Å². The van der Waals surface area contributed by atoms with Gasteiger partial charge in [-0.2, -0.15) is 0 Å². The van der Waals surface area contributed by atoms with Gasteiger partial charge in [-0.3, -0.25) is 13.9 Å². The zero-order valence-electron chi connectivity index (χ0n) is 22.9. The Morgan fingerprint density at radius 3 is 2.23 bits per heavy atom. The van der Waals surface area contributed by atoms with E-state index in [4.69, 9.17) is 11.6 Å². The molecule has 2 amide bonds. The first-order valence-corrected chi connectivity index (χ1v) is 15.8. The second-order valence-corrected chi connectivity index (χ2v) is 12.8. The van der Waals surface area contributed by atoms with E-state index in [2.05, 4.69) is 5.32 Å². The summed E-state index contributed by atoms with van der Waals surface area (Å²) in [5.74, 6) is -0.721. The Balaban J connectivity index is 1.72. The molecule has 1 aliphatic carbocycles. The number of carbonyl (C=O) groups is 2. The lowest BCUT2D eigenvalue weighted by atomic mass is 10.0. The number of amides is 2. The molecule has 40 heavy (non-hydrogen) atoms. The Bertz CT molecular complexity index is 1410. The Morgan fingerprint density at radius 2 is 1.60 bits per heavy atom. The monoisotopic (exact) mass is 581 g/mol. The maximum absolute atomic E-state index is 14.1. The van der Waals surface area contributed by atoms with E-state index in [1.54, 1.807) is 42.5 Å². The summed E-state index contributed by atoms with van der Waals surface area (Å²) in [7, 11) is -3.80. The van der Waals surface area contributed by atoms with Gasteiger partial charge in [0.05, 0.1) is 11.9 Å². The fourth-order valence-corrected chi connectivity index (χ4v) is 6.14. The fourth-order valence-electron chi connectivity index (χ4n) is 5.08. The maximum atomic E-state index is 14.1. The number of hydrogen-bond acceptors (Lipinski definition) is 4. The maximum Gasteiger partial charge on any atom is 0.244 e. The minimum absolute atomic E-state index is 0.0639. The van der Waals surface area contributed by atoms with E-state index < -0.39 is 28.5 Å². The van der Waals surface area contributed by atoms with E-state index >= 15 is 0 Å². The quantitative estimate of drug-likeness (QED) is 0.341. The summed E-state index contributed by atoms with van der Waals surface area (Å²) >= 11 is 6.26. The molecule has 1 aliphatic rings. The fraction of sp³-hybridized carbons (Fsp3) is 0.355. The smallest absolute Gasteiger partial charge is 0.244 e. The zero-order chi connectivity index (χ0) is 28.7. The van der Waals surface area contributed by atoms with E-state index in [1.165, 1.54) is 4.90 Å². The Kier molecular flexibility index (Phi) is 9.87. The van der Waals surface area contributed by atoms with Crippen molar-refractivity contribution in [3.05, 3.63) is 101 Å². The van der Waals surface area contributed by atoms with Crippen LogP contribution in [0.15, 0.2) is 78.9 Å². The van der Waals surface area contributed by atoms with Crippen molar-refractivity contribution in [3.63, 3.8) is 0 Å². The van der Waals surface area contributed by atoms with Crippen LogP contribution in [0.5, 0.6) is 0 Å². The topological polar surface area (TPSA) is 86.8 Å². The van der Waals surface area contributed by atoms with E-state index in [0.29, 0.717) is 10.7 Å². The van der Waals surface area contributed by atoms with Gasteiger partial charge in [-0.1, -0.05) is 84.6 Å². The average molecular weight is 582 g/mol. The van der Waals surface area contributed by atoms with Crippen LogP contribution >= 0.6 is 11.6 Å². The number of carbonyl (C=O) groups excluding carboxylic acids is 2. The number of hydrogen-bond donors (Lipinski definition) is 1. The zero-order valence-corrected chi connectivity index (χ0v) is 24.5. The third-order valence-corrected chi connectivity index (χ3v) is 8.59. The van der Waals surface area contributed by atoms with Gasteiger partial charge in [-0.15, -0.1) is 0 Å². The summed E-state index contributed by atoms with van der Waals surface area (Å²) in [5.41, 5.74) is 3.00. The van der Waals surface area contributed by atoms with Crippen LogP contribution in [0.25, 0.3) is 0 Å². The second kappa shape index (κ2) is 13.3. The first-order valence-electron chi connectivity index (χ1n) is 13.5. The molecule has 9 heteroatoms. The van der Waals surface area contributed by atoms with Crippen LogP contribution in [0.2, 0.25) is 5.02 Å². The first kappa shape index (κ1) is 29.6. The summed E-state index contributed by atoms with van der Waals surface area (Å²) in [6.07, 6.45) is 5.28. The molecule has 1 atom stereocenters. The SMILES string of the molecule is Cc1ccc(N(CC(=O)N(Cc2cccc(Cl)c2)[C@@H](Cc2ccccc2)C(=O)NC2CCCC2)S(C)(=O)=O)cc1. The van der Waals surface area contributed by atoms with Crippen molar-refractivity contribution in [2.75, 3.05) is 17.1 Å².